The van der Waals surface area contributed by atoms with Gasteiger partial charge in [0, 0.05) is 20.4 Å². The molecule has 0 aliphatic rings. The van der Waals surface area contributed by atoms with Gasteiger partial charge in [0.25, 0.3) is 0 Å². The minimum absolute atomic E-state index is 0. The number of carboxylic acid groups (broad SMARTS) is 1. The smallest absolute Gasteiger partial charge is 0.335 e. The molecule has 11 heavy (non-hydrogen) atoms. The number of hydrogen-bond acceptors (Lipinski definition) is 1. The molecule has 0 atom stereocenters. The zero-order chi connectivity index (χ0) is 7.56. The standard InChI is InChI=1S/C8H8O2.Pd/c1-6-4-2-3-5-7(6)8(9)10;/h2-5H,1H3,(H,9,10);. The van der Waals surface area contributed by atoms with Crippen molar-refractivity contribution in [2.75, 3.05) is 0 Å². The Hall–Kier alpha value is -0.648. The topological polar surface area (TPSA) is 37.3 Å². The van der Waals surface area contributed by atoms with Crippen molar-refractivity contribution in [2.45, 2.75) is 6.92 Å². The minimum Gasteiger partial charge on any atom is -0.478 e. The summed E-state index contributed by atoms with van der Waals surface area (Å²) in [4.78, 5) is 10.4. The van der Waals surface area contributed by atoms with Gasteiger partial charge in [-0.25, -0.2) is 4.79 Å². The molecule has 1 N–H and O–H groups in total. The molecule has 0 radical (unpaired) electrons. The summed E-state index contributed by atoms with van der Waals surface area (Å²) in [5.74, 6) is -0.863. The molecule has 0 aliphatic carbocycles. The predicted octanol–water partition coefficient (Wildman–Crippen LogP) is 1.69. The van der Waals surface area contributed by atoms with Crippen molar-refractivity contribution in [3.8, 4) is 0 Å². The first-order valence-electron chi connectivity index (χ1n) is 3.01. The first kappa shape index (κ1) is 10.4. The van der Waals surface area contributed by atoms with E-state index in [1.165, 1.54) is 0 Å². The summed E-state index contributed by atoms with van der Waals surface area (Å²) >= 11 is 0. The average molecular weight is 243 g/mol. The van der Waals surface area contributed by atoms with Crippen LogP contribution < -0.4 is 0 Å². The van der Waals surface area contributed by atoms with Gasteiger partial charge < -0.3 is 5.11 Å². The Morgan fingerprint density at radius 3 is 2.27 bits per heavy atom. The van der Waals surface area contributed by atoms with Gasteiger partial charge in [0.1, 0.15) is 0 Å². The fourth-order valence-electron chi connectivity index (χ4n) is 0.813. The van der Waals surface area contributed by atoms with Gasteiger partial charge in [-0.2, -0.15) is 0 Å². The van der Waals surface area contributed by atoms with Crippen molar-refractivity contribution in [3.05, 3.63) is 35.4 Å². The van der Waals surface area contributed by atoms with Crippen LogP contribution >= 0.6 is 0 Å². The van der Waals surface area contributed by atoms with E-state index in [0.29, 0.717) is 5.56 Å². The van der Waals surface area contributed by atoms with Crippen molar-refractivity contribution in [1.29, 1.82) is 0 Å². The summed E-state index contributed by atoms with van der Waals surface area (Å²) in [6.45, 7) is 1.78. The van der Waals surface area contributed by atoms with Gasteiger partial charge >= 0.3 is 5.97 Å². The van der Waals surface area contributed by atoms with Crippen LogP contribution in [0.15, 0.2) is 24.3 Å². The predicted molar refractivity (Wildman–Crippen MR) is 38.1 cm³/mol. The normalized spacial score (nSPS) is 8.45. The van der Waals surface area contributed by atoms with Crippen LogP contribution in [0.3, 0.4) is 0 Å². The summed E-state index contributed by atoms with van der Waals surface area (Å²) < 4.78 is 0. The summed E-state index contributed by atoms with van der Waals surface area (Å²) in [6.07, 6.45) is 0. The van der Waals surface area contributed by atoms with Gasteiger partial charge in [-0.05, 0) is 18.6 Å². The summed E-state index contributed by atoms with van der Waals surface area (Å²) in [7, 11) is 0. The largest absolute Gasteiger partial charge is 0.478 e. The van der Waals surface area contributed by atoms with Crippen molar-refractivity contribution in [2.24, 2.45) is 0 Å². The maximum Gasteiger partial charge on any atom is 0.335 e. The van der Waals surface area contributed by atoms with Crippen molar-refractivity contribution >= 4 is 5.97 Å². The molecule has 0 saturated heterocycles. The molecule has 1 rings (SSSR count). The molecule has 0 amide bonds. The number of carboxylic acids is 1. The number of aryl methyl sites for hydroxylation is 1. The number of benzene rings is 1. The maximum atomic E-state index is 10.4. The van der Waals surface area contributed by atoms with Gasteiger partial charge in [-0.15, -0.1) is 0 Å². The second-order valence-corrected chi connectivity index (χ2v) is 2.12. The first-order chi connectivity index (χ1) is 4.72. The molecule has 0 aliphatic heterocycles. The van der Waals surface area contributed by atoms with Crippen LogP contribution in [0.4, 0.5) is 0 Å². The number of aromatic carboxylic acids is 1. The molecular weight excluding hydrogens is 235 g/mol. The average Bonchev–Trinajstić information content (AvgIpc) is 1.88. The van der Waals surface area contributed by atoms with Gasteiger partial charge in [0.05, 0.1) is 5.56 Å². The molecule has 0 heterocycles. The fourth-order valence-corrected chi connectivity index (χ4v) is 0.813. The molecule has 1 aromatic rings. The second-order valence-electron chi connectivity index (χ2n) is 2.12. The molecule has 1 aromatic carbocycles. The van der Waals surface area contributed by atoms with Crippen molar-refractivity contribution in [1.82, 2.24) is 0 Å². The summed E-state index contributed by atoms with van der Waals surface area (Å²) in [5.41, 5.74) is 1.18. The van der Waals surface area contributed by atoms with E-state index in [1.54, 1.807) is 25.1 Å². The molecule has 0 fully saturated rings. The van der Waals surface area contributed by atoms with E-state index in [-0.39, 0.29) is 20.4 Å². The van der Waals surface area contributed by atoms with E-state index in [9.17, 15) is 4.79 Å². The van der Waals surface area contributed by atoms with Crippen LogP contribution in [0.25, 0.3) is 0 Å². The van der Waals surface area contributed by atoms with Gasteiger partial charge in [0.2, 0.25) is 0 Å². The van der Waals surface area contributed by atoms with Crippen LogP contribution in [0.1, 0.15) is 15.9 Å². The Bertz CT molecular complexity index is 258. The monoisotopic (exact) mass is 242 g/mol. The summed E-state index contributed by atoms with van der Waals surface area (Å²) in [5, 5.41) is 8.57. The van der Waals surface area contributed by atoms with Crippen molar-refractivity contribution < 1.29 is 30.3 Å². The van der Waals surface area contributed by atoms with Crippen LogP contribution in [0, 0.1) is 6.92 Å². The Morgan fingerprint density at radius 2 is 1.91 bits per heavy atom. The van der Waals surface area contributed by atoms with Crippen LogP contribution in [-0.2, 0) is 20.4 Å². The molecule has 0 saturated carbocycles. The Balaban J connectivity index is 0.000001000. The van der Waals surface area contributed by atoms with Gasteiger partial charge in [-0.3, -0.25) is 0 Å². The quantitative estimate of drug-likeness (QED) is 0.761. The molecule has 0 aromatic heterocycles. The van der Waals surface area contributed by atoms with Crippen LogP contribution in [-0.4, -0.2) is 11.1 Å². The van der Waals surface area contributed by atoms with Crippen molar-refractivity contribution in [3.63, 3.8) is 0 Å². The van der Waals surface area contributed by atoms with E-state index in [4.69, 9.17) is 5.11 Å². The molecule has 62 valence electrons. The Kier molecular flexibility index (Phi) is 4.02. The second kappa shape index (κ2) is 4.28. The third-order valence-corrected chi connectivity index (χ3v) is 1.38. The molecule has 0 spiro atoms. The van der Waals surface area contributed by atoms with E-state index in [2.05, 4.69) is 0 Å². The summed E-state index contributed by atoms with van der Waals surface area (Å²) in [6, 6.07) is 6.92. The molecule has 0 bridgehead atoms. The zero-order valence-electron chi connectivity index (χ0n) is 5.98. The fraction of sp³-hybridized carbons (Fsp3) is 0.125. The number of rotatable bonds is 1. The van der Waals surface area contributed by atoms with E-state index in [1.807, 2.05) is 6.07 Å². The van der Waals surface area contributed by atoms with Crippen LogP contribution in [0.5, 0.6) is 0 Å². The molecule has 2 nitrogen and oxygen atoms in total. The number of carbonyl (C=O) groups is 1. The van der Waals surface area contributed by atoms with E-state index in [0.717, 1.165) is 5.56 Å². The number of hydrogen-bond donors (Lipinski definition) is 1. The van der Waals surface area contributed by atoms with Gasteiger partial charge in [0.15, 0.2) is 0 Å². The molecule has 0 unspecified atom stereocenters. The maximum absolute atomic E-state index is 10.4. The molecular formula is C8H8O2Pd. The van der Waals surface area contributed by atoms with E-state index >= 15 is 0 Å². The Labute approximate surface area is 78.9 Å². The van der Waals surface area contributed by atoms with Crippen LogP contribution in [0.2, 0.25) is 0 Å². The van der Waals surface area contributed by atoms with Gasteiger partial charge in [-0.1, -0.05) is 18.2 Å². The third-order valence-electron chi connectivity index (χ3n) is 1.38. The first-order valence-corrected chi connectivity index (χ1v) is 3.01. The Morgan fingerprint density at radius 1 is 1.36 bits per heavy atom. The molecule has 3 heteroatoms. The van der Waals surface area contributed by atoms with E-state index < -0.39 is 5.97 Å². The third kappa shape index (κ3) is 2.45. The zero-order valence-corrected chi connectivity index (χ0v) is 7.54. The minimum atomic E-state index is -0.863. The SMILES string of the molecule is Cc1ccccc1C(=O)O.[Pd].